The summed E-state index contributed by atoms with van der Waals surface area (Å²) < 4.78 is 6.20. The zero-order valence-electron chi connectivity index (χ0n) is 13.3. The number of rotatable bonds is 3. The standard InChI is InChI=1S/C17H32N2O/c1-16(2)8-5-6-14(16)15(19-18)13-7-11-20-17(12-13)9-3-4-10-17/h13-15,19H,3-12,18H2,1-2H3. The summed E-state index contributed by atoms with van der Waals surface area (Å²) >= 11 is 0. The molecule has 116 valence electrons. The number of nitrogens with two attached hydrogens (primary N) is 1. The number of ether oxygens (including phenoxy) is 1. The van der Waals surface area contributed by atoms with Crippen LogP contribution in [-0.4, -0.2) is 18.2 Å². The number of hydrogen-bond acceptors (Lipinski definition) is 3. The third kappa shape index (κ3) is 2.65. The van der Waals surface area contributed by atoms with Crippen molar-refractivity contribution in [2.75, 3.05) is 6.61 Å². The lowest BCUT2D eigenvalue weighted by molar-refractivity contribution is -0.103. The minimum absolute atomic E-state index is 0.209. The number of hydrogen-bond donors (Lipinski definition) is 2. The highest BCUT2D eigenvalue weighted by Gasteiger charge is 2.47. The largest absolute Gasteiger partial charge is 0.375 e. The molecule has 3 N–H and O–H groups in total. The molecule has 1 aliphatic heterocycles. The van der Waals surface area contributed by atoms with E-state index >= 15 is 0 Å². The van der Waals surface area contributed by atoms with Crippen LogP contribution in [-0.2, 0) is 4.74 Å². The van der Waals surface area contributed by atoms with E-state index in [-0.39, 0.29) is 5.60 Å². The van der Waals surface area contributed by atoms with Gasteiger partial charge >= 0.3 is 0 Å². The highest BCUT2D eigenvalue weighted by atomic mass is 16.5. The minimum Gasteiger partial charge on any atom is -0.375 e. The maximum Gasteiger partial charge on any atom is 0.0685 e. The molecule has 0 bridgehead atoms. The van der Waals surface area contributed by atoms with Crippen molar-refractivity contribution in [3.8, 4) is 0 Å². The van der Waals surface area contributed by atoms with E-state index in [2.05, 4.69) is 19.3 Å². The van der Waals surface area contributed by atoms with Crippen molar-refractivity contribution < 1.29 is 4.74 Å². The maximum absolute atomic E-state index is 6.20. The van der Waals surface area contributed by atoms with Gasteiger partial charge in [-0.15, -0.1) is 0 Å². The zero-order chi connectivity index (χ0) is 14.2. The Bertz CT molecular complexity index is 336. The molecule has 3 rings (SSSR count). The molecule has 1 heterocycles. The molecule has 2 aliphatic carbocycles. The van der Waals surface area contributed by atoms with Crippen molar-refractivity contribution in [2.24, 2.45) is 23.1 Å². The highest BCUT2D eigenvalue weighted by Crippen LogP contribution is 2.49. The summed E-state index contributed by atoms with van der Waals surface area (Å²) in [5.74, 6) is 7.43. The van der Waals surface area contributed by atoms with E-state index in [1.807, 2.05) is 0 Å². The predicted octanol–water partition coefficient (Wildman–Crippen LogP) is 3.38. The van der Waals surface area contributed by atoms with E-state index < -0.39 is 0 Å². The van der Waals surface area contributed by atoms with E-state index in [0.29, 0.717) is 17.4 Å². The van der Waals surface area contributed by atoms with Crippen molar-refractivity contribution in [2.45, 2.75) is 83.3 Å². The van der Waals surface area contributed by atoms with Crippen LogP contribution in [0, 0.1) is 17.3 Å². The van der Waals surface area contributed by atoms with Gasteiger partial charge in [0.15, 0.2) is 0 Å². The lowest BCUT2D eigenvalue weighted by Crippen LogP contribution is -2.53. The Hall–Kier alpha value is -0.120. The van der Waals surface area contributed by atoms with Crippen LogP contribution in [0.2, 0.25) is 0 Å². The third-order valence-corrected chi connectivity index (χ3v) is 6.52. The lowest BCUT2D eigenvalue weighted by atomic mass is 9.70. The van der Waals surface area contributed by atoms with Gasteiger partial charge in [0.25, 0.3) is 0 Å². The Labute approximate surface area is 124 Å². The fraction of sp³-hybridized carbons (Fsp3) is 1.00. The van der Waals surface area contributed by atoms with Crippen molar-refractivity contribution in [3.05, 3.63) is 0 Å². The highest BCUT2D eigenvalue weighted by molar-refractivity contribution is 4.99. The maximum atomic E-state index is 6.20. The quantitative estimate of drug-likeness (QED) is 0.615. The Kier molecular flexibility index (Phi) is 4.13. The van der Waals surface area contributed by atoms with Gasteiger partial charge in [-0.3, -0.25) is 11.3 Å². The van der Waals surface area contributed by atoms with Crippen LogP contribution in [0.1, 0.15) is 71.6 Å². The first-order valence-corrected chi connectivity index (χ1v) is 8.66. The summed E-state index contributed by atoms with van der Waals surface area (Å²) in [5, 5.41) is 0. The summed E-state index contributed by atoms with van der Waals surface area (Å²) in [6.45, 7) is 5.80. The number of nitrogens with one attached hydrogen (secondary N) is 1. The summed E-state index contributed by atoms with van der Waals surface area (Å²) in [7, 11) is 0. The van der Waals surface area contributed by atoms with Crippen molar-refractivity contribution in [1.82, 2.24) is 5.43 Å². The summed E-state index contributed by atoms with van der Waals surface area (Å²) in [6, 6.07) is 0.480. The van der Waals surface area contributed by atoms with Crippen molar-refractivity contribution in [1.29, 1.82) is 0 Å². The molecule has 1 saturated heterocycles. The van der Waals surface area contributed by atoms with Gasteiger partial charge in [0.1, 0.15) is 0 Å². The molecule has 0 radical (unpaired) electrons. The second-order valence-electron chi connectivity index (χ2n) is 8.17. The monoisotopic (exact) mass is 280 g/mol. The van der Waals surface area contributed by atoms with E-state index in [4.69, 9.17) is 10.6 Å². The molecule has 0 aromatic carbocycles. The second-order valence-corrected chi connectivity index (χ2v) is 8.17. The first-order valence-electron chi connectivity index (χ1n) is 8.66. The van der Waals surface area contributed by atoms with Crippen LogP contribution in [0.3, 0.4) is 0 Å². The van der Waals surface area contributed by atoms with Gasteiger partial charge in [-0.05, 0) is 55.8 Å². The van der Waals surface area contributed by atoms with E-state index in [0.717, 1.165) is 12.5 Å². The molecule has 20 heavy (non-hydrogen) atoms. The van der Waals surface area contributed by atoms with E-state index in [9.17, 15) is 0 Å². The number of hydrazine groups is 1. The fourth-order valence-electron chi connectivity index (χ4n) is 5.34. The Morgan fingerprint density at radius 1 is 1.10 bits per heavy atom. The fourth-order valence-corrected chi connectivity index (χ4v) is 5.34. The molecular weight excluding hydrogens is 248 g/mol. The Morgan fingerprint density at radius 2 is 1.85 bits per heavy atom. The van der Waals surface area contributed by atoms with Crippen LogP contribution >= 0.6 is 0 Å². The summed E-state index contributed by atoms with van der Waals surface area (Å²) in [4.78, 5) is 0. The molecule has 3 unspecified atom stereocenters. The van der Waals surface area contributed by atoms with Crippen LogP contribution < -0.4 is 11.3 Å². The van der Waals surface area contributed by atoms with Crippen LogP contribution in [0.25, 0.3) is 0 Å². The van der Waals surface area contributed by atoms with Gasteiger partial charge in [-0.2, -0.15) is 0 Å². The normalized spacial score (nSPS) is 37.4. The molecule has 0 amide bonds. The third-order valence-electron chi connectivity index (χ3n) is 6.52. The van der Waals surface area contributed by atoms with Crippen molar-refractivity contribution >= 4 is 0 Å². The molecule has 3 aliphatic rings. The molecular formula is C17H32N2O. The predicted molar refractivity (Wildman–Crippen MR) is 82.1 cm³/mol. The van der Waals surface area contributed by atoms with Gasteiger partial charge in [-0.25, -0.2) is 0 Å². The molecule has 3 nitrogen and oxygen atoms in total. The van der Waals surface area contributed by atoms with E-state index in [1.165, 1.54) is 57.8 Å². The summed E-state index contributed by atoms with van der Waals surface area (Å²) in [6.07, 6.45) is 11.7. The smallest absolute Gasteiger partial charge is 0.0685 e. The van der Waals surface area contributed by atoms with Crippen molar-refractivity contribution in [3.63, 3.8) is 0 Å². The molecule has 3 fully saturated rings. The van der Waals surface area contributed by atoms with Crippen LogP contribution in [0.5, 0.6) is 0 Å². The van der Waals surface area contributed by atoms with Gasteiger partial charge in [0.05, 0.1) is 5.60 Å². The zero-order valence-corrected chi connectivity index (χ0v) is 13.3. The molecule has 1 spiro atoms. The molecule has 0 aromatic heterocycles. The van der Waals surface area contributed by atoms with Gasteiger partial charge < -0.3 is 4.74 Å². The second kappa shape index (κ2) is 5.58. The Balaban J connectivity index is 1.72. The first-order chi connectivity index (χ1) is 9.56. The average Bonchev–Trinajstić information content (AvgIpc) is 2.99. The lowest BCUT2D eigenvalue weighted by Gasteiger charge is -2.45. The molecule has 2 saturated carbocycles. The topological polar surface area (TPSA) is 47.3 Å². The van der Waals surface area contributed by atoms with Gasteiger partial charge in [0.2, 0.25) is 0 Å². The Morgan fingerprint density at radius 3 is 2.45 bits per heavy atom. The SMILES string of the molecule is CC1(C)CCCC1C(NN)C1CCOC2(CCCC2)C1. The first kappa shape index (κ1) is 14.8. The minimum atomic E-state index is 0.209. The molecule has 3 atom stereocenters. The van der Waals surface area contributed by atoms with E-state index in [1.54, 1.807) is 0 Å². The van der Waals surface area contributed by atoms with Gasteiger partial charge in [0, 0.05) is 12.6 Å². The van der Waals surface area contributed by atoms with Crippen LogP contribution in [0.4, 0.5) is 0 Å². The average molecular weight is 280 g/mol. The molecule has 3 heteroatoms. The van der Waals surface area contributed by atoms with Crippen LogP contribution in [0.15, 0.2) is 0 Å². The van der Waals surface area contributed by atoms with Gasteiger partial charge in [-0.1, -0.05) is 33.1 Å². The molecule has 0 aromatic rings. The summed E-state index contributed by atoms with van der Waals surface area (Å²) in [5.41, 5.74) is 3.87.